The van der Waals surface area contributed by atoms with Crippen LogP contribution in [0.1, 0.15) is 89.7 Å². The molecule has 0 saturated heterocycles. The van der Waals surface area contributed by atoms with E-state index < -0.39 is 0 Å². The molecule has 0 heterocycles. The number of hydrogen-bond acceptors (Lipinski definition) is 4. The van der Waals surface area contributed by atoms with Crippen LogP contribution in [0.5, 0.6) is 5.75 Å². The van der Waals surface area contributed by atoms with Crippen LogP contribution in [0.2, 0.25) is 0 Å². The zero-order valence-electron chi connectivity index (χ0n) is 20.5. The molecule has 2 aliphatic carbocycles. The number of ether oxygens (including phenoxy) is 2. The smallest absolute Gasteiger partial charge is 0.344 e. The van der Waals surface area contributed by atoms with Gasteiger partial charge in [-0.3, -0.25) is 0 Å². The third kappa shape index (κ3) is 7.50. The van der Waals surface area contributed by atoms with Gasteiger partial charge in [-0.05, 0) is 85.8 Å². The summed E-state index contributed by atoms with van der Waals surface area (Å²) in [6, 6.07) is 6.27. The predicted octanol–water partition coefficient (Wildman–Crippen LogP) is 6.12. The quantitative estimate of drug-likeness (QED) is 0.277. The molecule has 0 spiro atoms. The van der Waals surface area contributed by atoms with E-state index in [2.05, 4.69) is 32.9 Å². The molecule has 0 amide bonds. The Morgan fingerprint density at radius 1 is 1.12 bits per heavy atom. The molecule has 1 fully saturated rings. The number of fused-ring (bicyclic) bond motifs is 1. The van der Waals surface area contributed by atoms with Crippen LogP contribution >= 0.6 is 0 Å². The third-order valence-electron chi connectivity index (χ3n) is 7.63. The fraction of sp³-hybridized carbons (Fsp3) is 0.750. The Hall–Kier alpha value is -1.55. The van der Waals surface area contributed by atoms with Crippen LogP contribution < -0.4 is 4.74 Å². The first kappa shape index (κ1) is 25.1. The molecule has 32 heavy (non-hydrogen) atoms. The average molecular weight is 445 g/mol. The van der Waals surface area contributed by atoms with Crippen LogP contribution in [0.4, 0.5) is 0 Å². The number of unbranched alkanes of at least 4 members (excludes halogenated alkanes) is 2. The maximum Gasteiger partial charge on any atom is 0.344 e. The van der Waals surface area contributed by atoms with E-state index in [0.29, 0.717) is 30.3 Å². The van der Waals surface area contributed by atoms with Crippen LogP contribution in [0.15, 0.2) is 18.2 Å². The molecule has 180 valence electrons. The van der Waals surface area contributed by atoms with Crippen molar-refractivity contribution in [2.75, 3.05) is 13.2 Å². The summed E-state index contributed by atoms with van der Waals surface area (Å²) in [4.78, 5) is 12.0. The molecule has 0 bridgehead atoms. The SMILES string of the molecule is CCCCC[C@H](O)CC[C@@H](C)[C@H]1Cc2cccc(OCC(=O)OCC3CC3)c2C[C@H]1CC. The molecule has 4 atom stereocenters. The summed E-state index contributed by atoms with van der Waals surface area (Å²) in [6.07, 6.45) is 11.9. The molecule has 0 aliphatic heterocycles. The van der Waals surface area contributed by atoms with Crippen molar-refractivity contribution in [1.29, 1.82) is 0 Å². The molecular weight excluding hydrogens is 400 g/mol. The van der Waals surface area contributed by atoms with Crippen LogP contribution in [-0.4, -0.2) is 30.4 Å². The number of benzene rings is 1. The highest BCUT2D eigenvalue weighted by Crippen LogP contribution is 2.41. The van der Waals surface area contributed by atoms with Gasteiger partial charge in [0.1, 0.15) is 5.75 Å². The molecule has 1 aromatic carbocycles. The predicted molar refractivity (Wildman–Crippen MR) is 129 cm³/mol. The molecule has 2 aliphatic rings. The zero-order valence-corrected chi connectivity index (χ0v) is 20.5. The molecule has 0 aromatic heterocycles. The van der Waals surface area contributed by atoms with Gasteiger partial charge in [0.25, 0.3) is 0 Å². The van der Waals surface area contributed by atoms with Crippen LogP contribution in [0.25, 0.3) is 0 Å². The summed E-state index contributed by atoms with van der Waals surface area (Å²) in [7, 11) is 0. The van der Waals surface area contributed by atoms with Crippen molar-refractivity contribution in [3.63, 3.8) is 0 Å². The molecule has 1 saturated carbocycles. The van der Waals surface area contributed by atoms with Gasteiger partial charge in [0.05, 0.1) is 12.7 Å². The Kier molecular flexibility index (Phi) is 9.90. The van der Waals surface area contributed by atoms with E-state index in [9.17, 15) is 9.90 Å². The number of aliphatic hydroxyl groups excluding tert-OH is 1. The zero-order chi connectivity index (χ0) is 22.9. The second kappa shape index (κ2) is 12.6. The fourth-order valence-electron chi connectivity index (χ4n) is 5.23. The van der Waals surface area contributed by atoms with Gasteiger partial charge in [-0.25, -0.2) is 4.79 Å². The van der Waals surface area contributed by atoms with E-state index in [0.717, 1.165) is 50.7 Å². The lowest BCUT2D eigenvalue weighted by Crippen LogP contribution is -2.31. The van der Waals surface area contributed by atoms with Gasteiger partial charge >= 0.3 is 5.97 Å². The van der Waals surface area contributed by atoms with Crippen LogP contribution in [0.3, 0.4) is 0 Å². The van der Waals surface area contributed by atoms with Gasteiger partial charge in [0.15, 0.2) is 6.61 Å². The maximum absolute atomic E-state index is 12.0. The summed E-state index contributed by atoms with van der Waals surface area (Å²) < 4.78 is 11.2. The number of rotatable bonds is 14. The number of aliphatic hydroxyl groups is 1. The van der Waals surface area contributed by atoms with Gasteiger partial charge in [0.2, 0.25) is 0 Å². The lowest BCUT2D eigenvalue weighted by atomic mass is 9.68. The van der Waals surface area contributed by atoms with E-state index in [4.69, 9.17) is 9.47 Å². The molecule has 0 unspecified atom stereocenters. The first-order valence-corrected chi connectivity index (χ1v) is 13.1. The lowest BCUT2D eigenvalue weighted by Gasteiger charge is -2.37. The Morgan fingerprint density at radius 3 is 2.66 bits per heavy atom. The van der Waals surface area contributed by atoms with E-state index in [1.807, 2.05) is 6.07 Å². The summed E-state index contributed by atoms with van der Waals surface area (Å²) in [5.41, 5.74) is 2.64. The number of hydrogen-bond donors (Lipinski definition) is 1. The minimum absolute atomic E-state index is 0.00425. The Morgan fingerprint density at radius 2 is 1.94 bits per heavy atom. The van der Waals surface area contributed by atoms with Crippen molar-refractivity contribution >= 4 is 5.97 Å². The first-order valence-electron chi connectivity index (χ1n) is 13.1. The van der Waals surface area contributed by atoms with Crippen LogP contribution in [0, 0.1) is 23.7 Å². The third-order valence-corrected chi connectivity index (χ3v) is 7.63. The van der Waals surface area contributed by atoms with Gasteiger partial charge in [-0.2, -0.15) is 0 Å². The van der Waals surface area contributed by atoms with E-state index >= 15 is 0 Å². The minimum Gasteiger partial charge on any atom is -0.482 e. The molecular formula is C28H44O4. The molecule has 4 nitrogen and oxygen atoms in total. The van der Waals surface area contributed by atoms with Crippen molar-refractivity contribution in [3.8, 4) is 5.75 Å². The largest absolute Gasteiger partial charge is 0.482 e. The first-order chi connectivity index (χ1) is 15.5. The highest BCUT2D eigenvalue weighted by Gasteiger charge is 2.33. The van der Waals surface area contributed by atoms with E-state index in [1.165, 1.54) is 36.8 Å². The van der Waals surface area contributed by atoms with E-state index in [-0.39, 0.29) is 18.7 Å². The van der Waals surface area contributed by atoms with Crippen molar-refractivity contribution in [3.05, 3.63) is 29.3 Å². The van der Waals surface area contributed by atoms with Gasteiger partial charge in [-0.15, -0.1) is 0 Å². The van der Waals surface area contributed by atoms with Crippen molar-refractivity contribution in [2.45, 2.75) is 97.5 Å². The van der Waals surface area contributed by atoms with E-state index in [1.54, 1.807) is 0 Å². The fourth-order valence-corrected chi connectivity index (χ4v) is 5.23. The molecule has 1 N–H and O–H groups in total. The highest BCUT2D eigenvalue weighted by molar-refractivity contribution is 5.71. The van der Waals surface area contributed by atoms with Gasteiger partial charge in [-0.1, -0.05) is 58.6 Å². The lowest BCUT2D eigenvalue weighted by molar-refractivity contribution is -0.146. The normalized spacial score (nSPS) is 22.1. The molecule has 3 rings (SSSR count). The Labute approximate surface area is 195 Å². The Bertz CT molecular complexity index is 711. The Balaban J connectivity index is 1.54. The second-order valence-electron chi connectivity index (χ2n) is 10.3. The second-order valence-corrected chi connectivity index (χ2v) is 10.3. The monoisotopic (exact) mass is 444 g/mol. The highest BCUT2D eigenvalue weighted by atomic mass is 16.6. The summed E-state index contributed by atoms with van der Waals surface area (Å²) in [5.74, 6) is 3.00. The van der Waals surface area contributed by atoms with Gasteiger partial charge in [0, 0.05) is 0 Å². The maximum atomic E-state index is 12.0. The standard InChI is InChI=1S/C28H44O4/c1-4-6-7-10-24(29)15-12-20(3)25-17-23-9-8-11-27(26(23)16-22(25)5-2)31-19-28(30)32-18-21-13-14-21/h8-9,11,20-22,24-25,29H,4-7,10,12-19H2,1-3H3/t20-,22-,24+,25-/m1/s1. The van der Waals surface area contributed by atoms with Crippen LogP contribution in [-0.2, 0) is 22.4 Å². The molecule has 1 aromatic rings. The summed E-state index contributed by atoms with van der Waals surface area (Å²) in [5, 5.41) is 10.4. The summed E-state index contributed by atoms with van der Waals surface area (Å²) in [6.45, 7) is 7.40. The number of esters is 1. The van der Waals surface area contributed by atoms with Crippen molar-refractivity contribution in [1.82, 2.24) is 0 Å². The van der Waals surface area contributed by atoms with Gasteiger partial charge < -0.3 is 14.6 Å². The molecule has 4 heteroatoms. The van der Waals surface area contributed by atoms with Crippen molar-refractivity contribution in [2.24, 2.45) is 23.7 Å². The topological polar surface area (TPSA) is 55.8 Å². The number of carbonyl (C=O) groups is 1. The average Bonchev–Trinajstić information content (AvgIpc) is 3.63. The number of carbonyl (C=O) groups excluding carboxylic acids is 1. The summed E-state index contributed by atoms with van der Waals surface area (Å²) >= 11 is 0. The minimum atomic E-state index is -0.263. The van der Waals surface area contributed by atoms with Crippen molar-refractivity contribution < 1.29 is 19.4 Å². The molecule has 0 radical (unpaired) electrons.